The van der Waals surface area contributed by atoms with E-state index in [4.69, 9.17) is 5.26 Å². The fraction of sp³-hybridized carbons (Fsp3) is 0.300. The van der Waals surface area contributed by atoms with Gasteiger partial charge >= 0.3 is 12.4 Å². The average molecular weight is 253 g/mol. The van der Waals surface area contributed by atoms with Gasteiger partial charge in [-0.15, -0.1) is 0 Å². The van der Waals surface area contributed by atoms with Crippen molar-refractivity contribution < 1.29 is 26.3 Å². The molecule has 0 radical (unpaired) electrons. The standard InChI is InChI=1S/C10H5F6N/c1-5-6(4-17)2-3-7(9(11,12)13)8(5)10(14,15)16/h2-3H,1H3. The molecule has 0 unspecified atom stereocenters. The molecule has 0 bridgehead atoms. The van der Waals surface area contributed by atoms with Gasteiger partial charge in [0.2, 0.25) is 0 Å². The van der Waals surface area contributed by atoms with Crippen LogP contribution in [0.2, 0.25) is 0 Å². The van der Waals surface area contributed by atoms with Crippen LogP contribution in [0.5, 0.6) is 0 Å². The lowest BCUT2D eigenvalue weighted by molar-refractivity contribution is -0.162. The minimum atomic E-state index is -5.15. The summed E-state index contributed by atoms with van der Waals surface area (Å²) in [5.41, 5.74) is -4.72. The van der Waals surface area contributed by atoms with Gasteiger partial charge in [-0.2, -0.15) is 31.6 Å². The molecule has 0 aliphatic heterocycles. The summed E-state index contributed by atoms with van der Waals surface area (Å²) in [5, 5.41) is 8.50. The van der Waals surface area contributed by atoms with Gasteiger partial charge in [-0.05, 0) is 24.6 Å². The van der Waals surface area contributed by atoms with Crippen LogP contribution in [0, 0.1) is 18.3 Å². The molecular formula is C10H5F6N. The minimum Gasteiger partial charge on any atom is -0.192 e. The number of benzene rings is 1. The molecule has 0 aliphatic carbocycles. The van der Waals surface area contributed by atoms with Gasteiger partial charge in [0.1, 0.15) is 0 Å². The minimum absolute atomic E-state index is 0.272. The van der Waals surface area contributed by atoms with Crippen molar-refractivity contribution in [3.05, 3.63) is 34.4 Å². The van der Waals surface area contributed by atoms with Crippen LogP contribution in [0.3, 0.4) is 0 Å². The van der Waals surface area contributed by atoms with E-state index in [2.05, 4.69) is 0 Å². The predicted molar refractivity (Wildman–Crippen MR) is 45.9 cm³/mol. The Morgan fingerprint density at radius 3 is 1.88 bits per heavy atom. The van der Waals surface area contributed by atoms with Crippen molar-refractivity contribution in [2.45, 2.75) is 19.3 Å². The first-order valence-electron chi connectivity index (χ1n) is 4.27. The molecular weight excluding hydrogens is 248 g/mol. The number of nitrogens with zero attached hydrogens (tertiary/aromatic N) is 1. The molecule has 0 aliphatic rings. The summed E-state index contributed by atoms with van der Waals surface area (Å²) in [4.78, 5) is 0. The lowest BCUT2D eigenvalue weighted by Crippen LogP contribution is -2.18. The number of hydrogen-bond donors (Lipinski definition) is 0. The zero-order chi connectivity index (χ0) is 13.4. The van der Waals surface area contributed by atoms with E-state index in [9.17, 15) is 26.3 Å². The second-order valence-corrected chi connectivity index (χ2v) is 3.27. The van der Waals surface area contributed by atoms with Crippen molar-refractivity contribution in [3.63, 3.8) is 0 Å². The molecule has 92 valence electrons. The summed E-state index contributed by atoms with van der Waals surface area (Å²) < 4.78 is 74.9. The van der Waals surface area contributed by atoms with Crippen molar-refractivity contribution in [2.24, 2.45) is 0 Å². The third kappa shape index (κ3) is 2.52. The van der Waals surface area contributed by atoms with E-state index in [1.807, 2.05) is 0 Å². The van der Waals surface area contributed by atoms with Gasteiger partial charge in [-0.3, -0.25) is 0 Å². The van der Waals surface area contributed by atoms with Gasteiger partial charge in [0, 0.05) is 0 Å². The average Bonchev–Trinajstić information content (AvgIpc) is 2.13. The summed E-state index contributed by atoms with van der Waals surface area (Å²) in [6.07, 6.45) is -10.3. The molecule has 0 saturated heterocycles. The third-order valence-electron chi connectivity index (χ3n) is 2.17. The van der Waals surface area contributed by atoms with E-state index in [-0.39, 0.29) is 6.07 Å². The van der Waals surface area contributed by atoms with Crippen LogP contribution in [0.15, 0.2) is 12.1 Å². The van der Waals surface area contributed by atoms with E-state index in [1.165, 1.54) is 6.07 Å². The molecule has 17 heavy (non-hydrogen) atoms. The summed E-state index contributed by atoms with van der Waals surface area (Å²) in [7, 11) is 0. The van der Waals surface area contributed by atoms with Gasteiger partial charge in [-0.1, -0.05) is 0 Å². The zero-order valence-electron chi connectivity index (χ0n) is 8.37. The number of hydrogen-bond acceptors (Lipinski definition) is 1. The molecule has 0 heterocycles. The lowest BCUT2D eigenvalue weighted by atomic mass is 9.96. The molecule has 1 aromatic carbocycles. The molecule has 1 nitrogen and oxygen atoms in total. The molecule has 0 spiro atoms. The quantitative estimate of drug-likeness (QED) is 0.643. The first-order chi connectivity index (χ1) is 7.59. The Morgan fingerprint density at radius 1 is 1.00 bits per heavy atom. The van der Waals surface area contributed by atoms with Crippen LogP contribution in [0.25, 0.3) is 0 Å². The van der Waals surface area contributed by atoms with Gasteiger partial charge in [0.15, 0.2) is 0 Å². The Balaban J connectivity index is 3.67. The van der Waals surface area contributed by atoms with Crippen LogP contribution < -0.4 is 0 Å². The first-order valence-corrected chi connectivity index (χ1v) is 4.27. The van der Waals surface area contributed by atoms with Crippen LogP contribution in [-0.2, 0) is 12.4 Å². The predicted octanol–water partition coefficient (Wildman–Crippen LogP) is 3.90. The summed E-state index contributed by atoms with van der Waals surface area (Å²) in [6.45, 7) is 0.844. The highest BCUT2D eigenvalue weighted by atomic mass is 19.4. The Morgan fingerprint density at radius 2 is 1.53 bits per heavy atom. The lowest BCUT2D eigenvalue weighted by Gasteiger charge is -2.18. The number of nitriles is 1. The molecule has 0 atom stereocenters. The third-order valence-corrected chi connectivity index (χ3v) is 2.17. The van der Waals surface area contributed by atoms with Crippen LogP contribution >= 0.6 is 0 Å². The molecule has 1 rings (SSSR count). The summed E-state index contributed by atoms with van der Waals surface area (Å²) >= 11 is 0. The van der Waals surface area contributed by atoms with Crippen molar-refractivity contribution in [1.82, 2.24) is 0 Å². The molecule has 0 fully saturated rings. The molecule has 0 saturated carbocycles. The topological polar surface area (TPSA) is 23.8 Å². The van der Waals surface area contributed by atoms with E-state index in [1.54, 1.807) is 0 Å². The molecule has 0 amide bonds. The van der Waals surface area contributed by atoms with E-state index in [0.717, 1.165) is 13.0 Å². The normalized spacial score (nSPS) is 12.4. The number of halogens is 6. The Kier molecular flexibility index (Phi) is 3.10. The van der Waals surface area contributed by atoms with Gasteiger partial charge < -0.3 is 0 Å². The maximum Gasteiger partial charge on any atom is 0.417 e. The van der Waals surface area contributed by atoms with Gasteiger partial charge in [0.05, 0.1) is 22.8 Å². The Bertz CT molecular complexity index is 477. The monoisotopic (exact) mass is 253 g/mol. The molecule has 7 heteroatoms. The largest absolute Gasteiger partial charge is 0.417 e. The number of rotatable bonds is 0. The maximum absolute atomic E-state index is 12.5. The highest BCUT2D eigenvalue weighted by Crippen LogP contribution is 2.42. The van der Waals surface area contributed by atoms with Crippen LogP contribution in [0.4, 0.5) is 26.3 Å². The molecule has 0 aromatic heterocycles. The molecule has 1 aromatic rings. The Hall–Kier alpha value is -1.71. The van der Waals surface area contributed by atoms with Crippen LogP contribution in [0.1, 0.15) is 22.3 Å². The smallest absolute Gasteiger partial charge is 0.192 e. The maximum atomic E-state index is 12.5. The fourth-order valence-corrected chi connectivity index (χ4v) is 1.43. The van der Waals surface area contributed by atoms with E-state index < -0.39 is 34.6 Å². The fourth-order valence-electron chi connectivity index (χ4n) is 1.43. The van der Waals surface area contributed by atoms with E-state index >= 15 is 0 Å². The Labute approximate surface area is 92.3 Å². The second-order valence-electron chi connectivity index (χ2n) is 3.27. The SMILES string of the molecule is Cc1c(C#N)ccc(C(F)(F)F)c1C(F)(F)F. The van der Waals surface area contributed by atoms with Crippen LogP contribution in [-0.4, -0.2) is 0 Å². The number of alkyl halides is 6. The summed E-state index contributed by atoms with van der Waals surface area (Å²) in [5.74, 6) is 0. The molecule has 0 N–H and O–H groups in total. The summed E-state index contributed by atoms with van der Waals surface area (Å²) in [6, 6.07) is 2.42. The highest BCUT2D eigenvalue weighted by Gasteiger charge is 2.44. The van der Waals surface area contributed by atoms with Gasteiger partial charge in [-0.25, -0.2) is 0 Å². The highest BCUT2D eigenvalue weighted by molar-refractivity contribution is 5.48. The van der Waals surface area contributed by atoms with Crippen molar-refractivity contribution in [1.29, 1.82) is 5.26 Å². The van der Waals surface area contributed by atoms with E-state index in [0.29, 0.717) is 0 Å². The second kappa shape index (κ2) is 3.95. The van der Waals surface area contributed by atoms with Crippen molar-refractivity contribution in [3.8, 4) is 6.07 Å². The van der Waals surface area contributed by atoms with Crippen molar-refractivity contribution in [2.75, 3.05) is 0 Å². The van der Waals surface area contributed by atoms with Crippen molar-refractivity contribution >= 4 is 0 Å². The van der Waals surface area contributed by atoms with Gasteiger partial charge in [0.25, 0.3) is 0 Å². The zero-order valence-corrected chi connectivity index (χ0v) is 8.37. The first kappa shape index (κ1) is 13.4.